The lowest BCUT2D eigenvalue weighted by Gasteiger charge is -2.33. The SMILES string of the molecule is CSc1ccc2ncnc(N3CCC(n4cc(N(C)C)cn4)CC3)c2c1. The summed E-state index contributed by atoms with van der Waals surface area (Å²) < 4.78 is 2.12. The molecule has 4 rings (SSSR count). The standard InChI is InChI=1S/C19H24N6S/c1-23(2)15-11-22-25(12-15)14-6-8-24(9-7-14)19-17-10-16(26-3)4-5-18(17)20-13-21-19/h4-5,10-14H,6-9H2,1-3H3. The molecule has 136 valence electrons. The monoisotopic (exact) mass is 368 g/mol. The molecule has 0 N–H and O–H groups in total. The van der Waals surface area contributed by atoms with Crippen molar-refractivity contribution in [1.29, 1.82) is 0 Å². The molecule has 0 unspecified atom stereocenters. The van der Waals surface area contributed by atoms with E-state index in [-0.39, 0.29) is 0 Å². The quantitative estimate of drug-likeness (QED) is 0.658. The molecule has 0 atom stereocenters. The van der Waals surface area contributed by atoms with Gasteiger partial charge in [0.05, 0.1) is 23.4 Å². The summed E-state index contributed by atoms with van der Waals surface area (Å²) in [4.78, 5) is 14.8. The summed E-state index contributed by atoms with van der Waals surface area (Å²) in [6, 6.07) is 6.87. The van der Waals surface area contributed by atoms with Crippen LogP contribution >= 0.6 is 11.8 Å². The molecule has 0 saturated carbocycles. The molecule has 2 aromatic heterocycles. The van der Waals surface area contributed by atoms with Gasteiger partial charge in [-0.2, -0.15) is 5.10 Å². The van der Waals surface area contributed by atoms with Gasteiger partial charge in [-0.1, -0.05) is 0 Å². The van der Waals surface area contributed by atoms with Crippen molar-refractivity contribution in [2.45, 2.75) is 23.8 Å². The lowest BCUT2D eigenvalue weighted by molar-refractivity contribution is 0.366. The van der Waals surface area contributed by atoms with Gasteiger partial charge in [-0.3, -0.25) is 4.68 Å². The zero-order valence-electron chi connectivity index (χ0n) is 15.5. The summed E-state index contributed by atoms with van der Waals surface area (Å²) in [5.41, 5.74) is 2.16. The summed E-state index contributed by atoms with van der Waals surface area (Å²) in [5, 5.41) is 5.70. The van der Waals surface area contributed by atoms with Crippen molar-refractivity contribution in [3.05, 3.63) is 36.9 Å². The van der Waals surface area contributed by atoms with Gasteiger partial charge in [-0.25, -0.2) is 9.97 Å². The number of thioether (sulfide) groups is 1. The predicted octanol–water partition coefficient (Wildman–Crippen LogP) is 3.46. The Labute approximate surface area is 158 Å². The Kier molecular flexibility index (Phi) is 4.72. The molecular formula is C19H24N6S. The number of anilines is 2. The molecule has 0 bridgehead atoms. The Bertz CT molecular complexity index is 898. The first-order valence-corrected chi connectivity index (χ1v) is 10.1. The first-order chi connectivity index (χ1) is 12.7. The molecular weight excluding hydrogens is 344 g/mol. The average Bonchev–Trinajstić information content (AvgIpc) is 3.18. The molecule has 1 fully saturated rings. The minimum absolute atomic E-state index is 0.454. The molecule has 7 heteroatoms. The Hall–Kier alpha value is -2.28. The molecule has 0 radical (unpaired) electrons. The molecule has 1 aromatic carbocycles. The molecule has 3 aromatic rings. The minimum Gasteiger partial charge on any atom is -0.375 e. The number of fused-ring (bicyclic) bond motifs is 1. The third-order valence-corrected chi connectivity index (χ3v) is 5.79. The maximum absolute atomic E-state index is 4.61. The molecule has 26 heavy (non-hydrogen) atoms. The third-order valence-electron chi connectivity index (χ3n) is 5.06. The lowest BCUT2D eigenvalue weighted by atomic mass is 10.0. The van der Waals surface area contributed by atoms with Crippen LogP contribution in [-0.4, -0.2) is 53.2 Å². The second-order valence-electron chi connectivity index (χ2n) is 6.87. The molecule has 0 spiro atoms. The van der Waals surface area contributed by atoms with E-state index in [1.165, 1.54) is 4.90 Å². The average molecular weight is 369 g/mol. The van der Waals surface area contributed by atoms with Crippen molar-refractivity contribution in [2.24, 2.45) is 0 Å². The van der Waals surface area contributed by atoms with E-state index in [0.29, 0.717) is 6.04 Å². The van der Waals surface area contributed by atoms with Gasteiger partial charge < -0.3 is 9.80 Å². The summed E-state index contributed by atoms with van der Waals surface area (Å²) in [7, 11) is 4.10. The van der Waals surface area contributed by atoms with Gasteiger partial charge in [0.25, 0.3) is 0 Å². The zero-order valence-corrected chi connectivity index (χ0v) is 16.3. The fourth-order valence-electron chi connectivity index (χ4n) is 3.50. The van der Waals surface area contributed by atoms with Gasteiger partial charge in [0.15, 0.2) is 0 Å². The van der Waals surface area contributed by atoms with Crippen LogP contribution in [0, 0.1) is 0 Å². The largest absolute Gasteiger partial charge is 0.375 e. The van der Waals surface area contributed by atoms with E-state index in [0.717, 1.165) is 48.3 Å². The van der Waals surface area contributed by atoms with Crippen LogP contribution in [0.15, 0.2) is 41.8 Å². The number of rotatable bonds is 4. The summed E-state index contributed by atoms with van der Waals surface area (Å²) in [6.07, 6.45) is 10.0. The van der Waals surface area contributed by atoms with Gasteiger partial charge in [-0.05, 0) is 37.3 Å². The Morgan fingerprint density at radius 2 is 1.96 bits per heavy atom. The normalized spacial score (nSPS) is 15.6. The fraction of sp³-hybridized carbons (Fsp3) is 0.421. The second kappa shape index (κ2) is 7.15. The van der Waals surface area contributed by atoms with E-state index in [9.17, 15) is 0 Å². The van der Waals surface area contributed by atoms with Crippen LogP contribution in [0.2, 0.25) is 0 Å². The van der Waals surface area contributed by atoms with Gasteiger partial charge in [-0.15, -0.1) is 11.8 Å². The van der Waals surface area contributed by atoms with Gasteiger partial charge in [0.1, 0.15) is 12.1 Å². The number of aromatic nitrogens is 4. The Morgan fingerprint density at radius 1 is 1.15 bits per heavy atom. The summed E-state index contributed by atoms with van der Waals surface area (Å²) >= 11 is 1.75. The van der Waals surface area contributed by atoms with E-state index in [1.807, 2.05) is 20.3 Å². The molecule has 1 aliphatic heterocycles. The van der Waals surface area contributed by atoms with E-state index in [4.69, 9.17) is 0 Å². The number of nitrogens with zero attached hydrogens (tertiary/aromatic N) is 6. The van der Waals surface area contributed by atoms with Gasteiger partial charge >= 0.3 is 0 Å². The smallest absolute Gasteiger partial charge is 0.139 e. The van der Waals surface area contributed by atoms with Crippen molar-refractivity contribution in [3.8, 4) is 0 Å². The minimum atomic E-state index is 0.454. The molecule has 0 amide bonds. The van der Waals surface area contributed by atoms with Crippen LogP contribution in [0.1, 0.15) is 18.9 Å². The Morgan fingerprint density at radius 3 is 2.65 bits per heavy atom. The molecule has 3 heterocycles. The fourth-order valence-corrected chi connectivity index (χ4v) is 3.94. The van der Waals surface area contributed by atoms with Crippen molar-refractivity contribution < 1.29 is 0 Å². The molecule has 0 aliphatic carbocycles. The highest BCUT2D eigenvalue weighted by molar-refractivity contribution is 7.98. The molecule has 6 nitrogen and oxygen atoms in total. The van der Waals surface area contributed by atoms with Crippen LogP contribution in [0.3, 0.4) is 0 Å². The first-order valence-electron chi connectivity index (χ1n) is 8.91. The maximum Gasteiger partial charge on any atom is 0.139 e. The van der Waals surface area contributed by atoms with Gasteiger partial charge in [0.2, 0.25) is 0 Å². The maximum atomic E-state index is 4.61. The number of hydrogen-bond acceptors (Lipinski definition) is 6. The highest BCUT2D eigenvalue weighted by atomic mass is 32.2. The first kappa shape index (κ1) is 17.1. The van der Waals surface area contributed by atoms with Crippen LogP contribution < -0.4 is 9.80 Å². The second-order valence-corrected chi connectivity index (χ2v) is 7.75. The van der Waals surface area contributed by atoms with Crippen molar-refractivity contribution in [3.63, 3.8) is 0 Å². The zero-order chi connectivity index (χ0) is 18.1. The molecule has 1 aliphatic rings. The van der Waals surface area contributed by atoms with E-state index in [2.05, 4.69) is 60.2 Å². The van der Waals surface area contributed by atoms with Gasteiger partial charge in [0, 0.05) is 43.7 Å². The van der Waals surface area contributed by atoms with E-state index >= 15 is 0 Å². The van der Waals surface area contributed by atoms with Crippen LogP contribution in [0.4, 0.5) is 11.5 Å². The highest BCUT2D eigenvalue weighted by Gasteiger charge is 2.23. The Balaban J connectivity index is 1.53. The van der Waals surface area contributed by atoms with Crippen molar-refractivity contribution in [2.75, 3.05) is 43.2 Å². The predicted molar refractivity (Wildman–Crippen MR) is 108 cm³/mol. The number of hydrogen-bond donors (Lipinski definition) is 0. The van der Waals surface area contributed by atoms with E-state index < -0.39 is 0 Å². The van der Waals surface area contributed by atoms with Crippen molar-refractivity contribution >= 4 is 34.2 Å². The van der Waals surface area contributed by atoms with Crippen LogP contribution in [0.5, 0.6) is 0 Å². The molecule has 1 saturated heterocycles. The van der Waals surface area contributed by atoms with Crippen LogP contribution in [-0.2, 0) is 0 Å². The van der Waals surface area contributed by atoms with Crippen molar-refractivity contribution in [1.82, 2.24) is 19.7 Å². The third kappa shape index (κ3) is 3.23. The van der Waals surface area contributed by atoms with E-state index in [1.54, 1.807) is 18.1 Å². The topological polar surface area (TPSA) is 50.1 Å². The number of benzene rings is 1. The summed E-state index contributed by atoms with van der Waals surface area (Å²) in [6.45, 7) is 1.97. The lowest BCUT2D eigenvalue weighted by Crippen LogP contribution is -2.35. The van der Waals surface area contributed by atoms with Crippen LogP contribution in [0.25, 0.3) is 10.9 Å². The highest BCUT2D eigenvalue weighted by Crippen LogP contribution is 2.31. The number of piperidine rings is 1. The summed E-state index contributed by atoms with van der Waals surface area (Å²) in [5.74, 6) is 1.05.